The molecule has 0 saturated carbocycles. The molecule has 2 amide bonds. The van der Waals surface area contributed by atoms with Crippen molar-refractivity contribution in [1.82, 2.24) is 10.6 Å². The van der Waals surface area contributed by atoms with Crippen molar-refractivity contribution in [3.63, 3.8) is 0 Å². The van der Waals surface area contributed by atoms with Crippen molar-refractivity contribution in [3.05, 3.63) is 65.5 Å². The van der Waals surface area contributed by atoms with Gasteiger partial charge in [-0.25, -0.2) is 9.18 Å². The molecule has 1 atom stereocenters. The summed E-state index contributed by atoms with van der Waals surface area (Å²) in [5.74, 6) is -1.82. The van der Waals surface area contributed by atoms with Gasteiger partial charge in [-0.05, 0) is 42.3 Å². The molecule has 148 valence electrons. The van der Waals surface area contributed by atoms with Crippen LogP contribution in [0.1, 0.15) is 24.1 Å². The van der Waals surface area contributed by atoms with Crippen LogP contribution in [0.3, 0.4) is 0 Å². The summed E-state index contributed by atoms with van der Waals surface area (Å²) in [7, 11) is 0. The highest BCUT2D eigenvalue weighted by atomic mass is 19.1. The number of ether oxygens (including phenoxy) is 1. The number of carboxylic acids is 1. The van der Waals surface area contributed by atoms with Gasteiger partial charge in [0.05, 0.1) is 19.0 Å². The lowest BCUT2D eigenvalue weighted by atomic mass is 10.1. The molecular weight excluding hydrogens is 367 g/mol. The lowest BCUT2D eigenvalue weighted by molar-refractivity contribution is -0.139. The predicted octanol–water partition coefficient (Wildman–Crippen LogP) is 1.83. The third-order valence-corrected chi connectivity index (χ3v) is 3.82. The zero-order chi connectivity index (χ0) is 20.5. The van der Waals surface area contributed by atoms with Crippen LogP contribution in [0.25, 0.3) is 0 Å². The van der Waals surface area contributed by atoms with E-state index in [2.05, 4.69) is 10.6 Å². The quantitative estimate of drug-likeness (QED) is 0.608. The topological polar surface area (TPSA) is 105 Å². The summed E-state index contributed by atoms with van der Waals surface area (Å²) in [5.41, 5.74) is 1.32. The molecule has 2 aromatic carbocycles. The molecule has 0 radical (unpaired) electrons. The van der Waals surface area contributed by atoms with Crippen LogP contribution in [0, 0.1) is 5.82 Å². The zero-order valence-electron chi connectivity index (χ0n) is 15.3. The van der Waals surface area contributed by atoms with Crippen LogP contribution in [0.2, 0.25) is 0 Å². The fourth-order valence-electron chi connectivity index (χ4n) is 2.45. The van der Waals surface area contributed by atoms with Crippen LogP contribution in [0.4, 0.5) is 4.39 Å². The van der Waals surface area contributed by atoms with Gasteiger partial charge in [0.15, 0.2) is 6.61 Å². The highest BCUT2D eigenvalue weighted by Crippen LogP contribution is 2.17. The Bertz CT molecular complexity index is 839. The summed E-state index contributed by atoms with van der Waals surface area (Å²) in [4.78, 5) is 34.3. The third-order valence-electron chi connectivity index (χ3n) is 3.82. The molecule has 1 unspecified atom stereocenters. The normalized spacial score (nSPS) is 11.4. The van der Waals surface area contributed by atoms with Crippen LogP contribution in [0.15, 0.2) is 48.5 Å². The summed E-state index contributed by atoms with van der Waals surface area (Å²) in [6.07, 6.45) is -0.0155. The standard InChI is InChI=1S/C20H21FN2O5/c1-13(15-5-7-17(8-6-15)28-12-20(26)27)23-19(25)11-22-18(24)10-14-3-2-4-16(21)9-14/h2-9,13H,10-12H2,1H3,(H,22,24)(H,23,25)(H,26,27). The molecule has 0 bridgehead atoms. The Morgan fingerprint density at radius 3 is 2.46 bits per heavy atom. The van der Waals surface area contributed by atoms with Gasteiger partial charge < -0.3 is 20.5 Å². The Kier molecular flexibility index (Phi) is 7.50. The van der Waals surface area contributed by atoms with Crippen molar-refractivity contribution in [2.75, 3.05) is 13.2 Å². The fourth-order valence-corrected chi connectivity index (χ4v) is 2.45. The van der Waals surface area contributed by atoms with Gasteiger partial charge in [-0.2, -0.15) is 0 Å². The number of aliphatic carboxylic acids is 1. The molecule has 0 saturated heterocycles. The molecule has 2 rings (SSSR count). The monoisotopic (exact) mass is 388 g/mol. The first-order valence-corrected chi connectivity index (χ1v) is 8.58. The summed E-state index contributed by atoms with van der Waals surface area (Å²) in [6, 6.07) is 12.0. The average Bonchev–Trinajstić information content (AvgIpc) is 2.65. The van der Waals surface area contributed by atoms with Crippen molar-refractivity contribution in [2.45, 2.75) is 19.4 Å². The molecule has 28 heavy (non-hydrogen) atoms. The summed E-state index contributed by atoms with van der Waals surface area (Å²) < 4.78 is 18.2. The van der Waals surface area contributed by atoms with Crippen molar-refractivity contribution < 1.29 is 28.6 Å². The SMILES string of the molecule is CC(NC(=O)CNC(=O)Cc1cccc(F)c1)c1ccc(OCC(=O)O)cc1. The summed E-state index contributed by atoms with van der Waals surface area (Å²) >= 11 is 0. The Morgan fingerprint density at radius 1 is 1.11 bits per heavy atom. The van der Waals surface area contributed by atoms with Gasteiger partial charge >= 0.3 is 5.97 Å². The lowest BCUT2D eigenvalue weighted by Crippen LogP contribution is -2.38. The van der Waals surface area contributed by atoms with Crippen LogP contribution in [-0.4, -0.2) is 36.0 Å². The van der Waals surface area contributed by atoms with Crippen molar-refractivity contribution in [3.8, 4) is 5.75 Å². The molecule has 2 aromatic rings. The maximum absolute atomic E-state index is 13.1. The maximum atomic E-state index is 13.1. The molecule has 0 fully saturated rings. The van der Waals surface area contributed by atoms with E-state index < -0.39 is 18.4 Å². The van der Waals surface area contributed by atoms with Gasteiger partial charge in [-0.15, -0.1) is 0 Å². The fraction of sp³-hybridized carbons (Fsp3) is 0.250. The first-order valence-electron chi connectivity index (χ1n) is 8.58. The van der Waals surface area contributed by atoms with Crippen molar-refractivity contribution in [2.24, 2.45) is 0 Å². The van der Waals surface area contributed by atoms with Crippen molar-refractivity contribution in [1.29, 1.82) is 0 Å². The van der Waals surface area contributed by atoms with Crippen LogP contribution in [-0.2, 0) is 20.8 Å². The van der Waals surface area contributed by atoms with E-state index in [1.807, 2.05) is 0 Å². The van der Waals surface area contributed by atoms with Gasteiger partial charge in [-0.1, -0.05) is 24.3 Å². The second-order valence-corrected chi connectivity index (χ2v) is 6.12. The molecule has 0 heterocycles. The first-order chi connectivity index (χ1) is 13.3. The number of carbonyl (C=O) groups is 3. The molecule has 7 nitrogen and oxygen atoms in total. The molecule has 3 N–H and O–H groups in total. The van der Waals surface area contributed by atoms with E-state index in [9.17, 15) is 18.8 Å². The molecule has 0 aliphatic rings. The van der Waals surface area contributed by atoms with Gasteiger partial charge in [0.1, 0.15) is 11.6 Å². The molecule has 0 aliphatic heterocycles. The minimum absolute atomic E-state index is 0.0155. The Labute approximate surface area is 161 Å². The Balaban J connectivity index is 1.77. The van der Waals surface area contributed by atoms with Gasteiger partial charge in [0, 0.05) is 0 Å². The number of carbonyl (C=O) groups excluding carboxylic acids is 2. The zero-order valence-corrected chi connectivity index (χ0v) is 15.3. The number of nitrogens with one attached hydrogen (secondary N) is 2. The minimum Gasteiger partial charge on any atom is -0.482 e. The lowest BCUT2D eigenvalue weighted by Gasteiger charge is -2.15. The third kappa shape index (κ3) is 7.06. The van der Waals surface area contributed by atoms with Gasteiger partial charge in [0.2, 0.25) is 11.8 Å². The Hall–Kier alpha value is -3.42. The number of benzene rings is 2. The number of hydrogen-bond acceptors (Lipinski definition) is 4. The summed E-state index contributed by atoms with van der Waals surface area (Å²) in [6.45, 7) is 1.15. The van der Waals surface area contributed by atoms with Crippen molar-refractivity contribution >= 4 is 17.8 Å². The van der Waals surface area contributed by atoms with E-state index in [-0.39, 0.29) is 30.8 Å². The number of carboxylic acid groups (broad SMARTS) is 1. The number of halogens is 1. The van der Waals surface area contributed by atoms with E-state index in [0.29, 0.717) is 11.3 Å². The highest BCUT2D eigenvalue weighted by Gasteiger charge is 2.12. The predicted molar refractivity (Wildman–Crippen MR) is 99.2 cm³/mol. The highest BCUT2D eigenvalue weighted by molar-refractivity contribution is 5.85. The number of rotatable bonds is 9. The first kappa shape index (κ1) is 20.9. The molecule has 0 aromatic heterocycles. The number of amides is 2. The summed E-state index contributed by atoms with van der Waals surface area (Å²) in [5, 5.41) is 13.8. The second-order valence-electron chi connectivity index (χ2n) is 6.12. The van der Waals surface area contributed by atoms with E-state index in [4.69, 9.17) is 9.84 Å². The van der Waals surface area contributed by atoms with Crippen LogP contribution in [0.5, 0.6) is 5.75 Å². The smallest absolute Gasteiger partial charge is 0.341 e. The van der Waals surface area contributed by atoms with E-state index in [1.165, 1.54) is 18.2 Å². The molecule has 8 heteroatoms. The van der Waals surface area contributed by atoms with E-state index in [0.717, 1.165) is 5.56 Å². The van der Waals surface area contributed by atoms with Gasteiger partial charge in [0.25, 0.3) is 0 Å². The van der Waals surface area contributed by atoms with Crippen LogP contribution >= 0.6 is 0 Å². The largest absolute Gasteiger partial charge is 0.482 e. The molecule has 0 aliphatic carbocycles. The van der Waals surface area contributed by atoms with E-state index >= 15 is 0 Å². The minimum atomic E-state index is -1.07. The average molecular weight is 388 g/mol. The van der Waals surface area contributed by atoms with Gasteiger partial charge in [-0.3, -0.25) is 9.59 Å². The molecule has 0 spiro atoms. The Morgan fingerprint density at radius 2 is 1.82 bits per heavy atom. The second kappa shape index (κ2) is 10.1. The maximum Gasteiger partial charge on any atom is 0.341 e. The number of hydrogen-bond donors (Lipinski definition) is 3. The molecular formula is C20H21FN2O5. The van der Waals surface area contributed by atoms with E-state index in [1.54, 1.807) is 37.3 Å². The van der Waals surface area contributed by atoms with Crippen LogP contribution < -0.4 is 15.4 Å².